The van der Waals surface area contributed by atoms with Gasteiger partial charge in [-0.3, -0.25) is 9.59 Å². The Morgan fingerprint density at radius 3 is 2.41 bits per heavy atom. The molecule has 0 spiro atoms. The van der Waals surface area contributed by atoms with Crippen molar-refractivity contribution in [3.05, 3.63) is 89.5 Å². The number of hydrogen-bond donors (Lipinski definition) is 1. The maximum Gasteiger partial charge on any atom is 0.313 e. The van der Waals surface area contributed by atoms with Crippen molar-refractivity contribution < 1.29 is 23.8 Å². The van der Waals surface area contributed by atoms with Crippen molar-refractivity contribution in [1.82, 2.24) is 20.2 Å². The lowest BCUT2D eigenvalue weighted by Gasteiger charge is -2.14. The molecule has 0 saturated heterocycles. The average Bonchev–Trinajstić information content (AvgIpc) is 3.23. The fraction of sp³-hybridized carbons (Fsp3) is 0.240. The minimum absolute atomic E-state index is 0.181. The molecule has 9 heteroatoms. The molecule has 8 nitrogen and oxygen atoms in total. The lowest BCUT2D eigenvalue weighted by atomic mass is 9.92. The van der Waals surface area contributed by atoms with Crippen LogP contribution in [0.1, 0.15) is 36.7 Å². The highest BCUT2D eigenvalue weighted by molar-refractivity contribution is 6.01. The van der Waals surface area contributed by atoms with Gasteiger partial charge in [-0.1, -0.05) is 54.6 Å². The Bertz CT molecular complexity index is 1190. The van der Waals surface area contributed by atoms with Gasteiger partial charge in [-0.2, -0.15) is 0 Å². The largest absolute Gasteiger partial charge is 0.466 e. The first-order valence-electron chi connectivity index (χ1n) is 10.7. The molecule has 3 aromatic rings. The van der Waals surface area contributed by atoms with Crippen LogP contribution in [0.15, 0.2) is 66.7 Å². The Balaban J connectivity index is 2.03. The Morgan fingerprint density at radius 1 is 1.12 bits per heavy atom. The summed E-state index contributed by atoms with van der Waals surface area (Å²) in [6, 6.07) is 15.4. The molecule has 0 saturated carbocycles. The van der Waals surface area contributed by atoms with E-state index in [0.29, 0.717) is 22.5 Å². The van der Waals surface area contributed by atoms with E-state index in [1.54, 1.807) is 32.2 Å². The monoisotopic (exact) mass is 464 g/mol. The smallest absolute Gasteiger partial charge is 0.313 e. The van der Waals surface area contributed by atoms with E-state index in [0.717, 1.165) is 5.56 Å². The fourth-order valence-electron chi connectivity index (χ4n) is 3.38. The number of halogens is 1. The van der Waals surface area contributed by atoms with Crippen LogP contribution in [0.3, 0.4) is 0 Å². The molecule has 1 N–H and O–H groups in total. The number of ketones is 1. The SMILES string of the molecule is CCOC(=O)CC(=O)CC(O)/C=C/C(=C(/c1ccccc1)c1ccc(F)cc1)c1nnnn1C. The second-order valence-corrected chi connectivity index (χ2v) is 7.44. The van der Waals surface area contributed by atoms with Crippen molar-refractivity contribution in [2.24, 2.45) is 7.05 Å². The van der Waals surface area contributed by atoms with Crippen LogP contribution in [0.2, 0.25) is 0 Å². The number of Topliss-reactive ketones (excluding diaryl/α,β-unsaturated/α-hetero) is 1. The van der Waals surface area contributed by atoms with Crippen LogP contribution in [0.5, 0.6) is 0 Å². The van der Waals surface area contributed by atoms with Gasteiger partial charge in [0.15, 0.2) is 5.82 Å². The molecule has 176 valence electrons. The van der Waals surface area contributed by atoms with Crippen LogP contribution >= 0.6 is 0 Å². The molecule has 0 aliphatic heterocycles. The number of carbonyl (C=O) groups is 2. The van der Waals surface area contributed by atoms with Crippen LogP contribution in [0.25, 0.3) is 11.1 Å². The normalized spacial score (nSPS) is 12.9. The summed E-state index contributed by atoms with van der Waals surface area (Å²) in [7, 11) is 1.68. The number of carbonyl (C=O) groups excluding carboxylic acids is 2. The molecule has 1 aromatic heterocycles. The molecule has 0 radical (unpaired) electrons. The molecular weight excluding hydrogens is 439 g/mol. The van der Waals surface area contributed by atoms with Gasteiger partial charge < -0.3 is 9.84 Å². The summed E-state index contributed by atoms with van der Waals surface area (Å²) in [5, 5.41) is 22.2. The first-order chi connectivity index (χ1) is 16.4. The maximum absolute atomic E-state index is 13.6. The van der Waals surface area contributed by atoms with Gasteiger partial charge in [0.05, 0.1) is 12.7 Å². The predicted octanol–water partition coefficient (Wildman–Crippen LogP) is 3.14. The zero-order valence-corrected chi connectivity index (χ0v) is 18.9. The summed E-state index contributed by atoms with van der Waals surface area (Å²) < 4.78 is 19.9. The summed E-state index contributed by atoms with van der Waals surface area (Å²) in [4.78, 5) is 23.6. The molecule has 0 aliphatic carbocycles. The highest BCUT2D eigenvalue weighted by Gasteiger charge is 2.18. The number of aliphatic hydroxyl groups is 1. The molecule has 3 rings (SSSR count). The summed E-state index contributed by atoms with van der Waals surface area (Å²) in [6.45, 7) is 1.83. The number of aromatic nitrogens is 4. The topological polar surface area (TPSA) is 107 Å². The summed E-state index contributed by atoms with van der Waals surface area (Å²) in [6.07, 6.45) is 1.26. The van der Waals surface area contributed by atoms with Crippen molar-refractivity contribution in [1.29, 1.82) is 0 Å². The zero-order chi connectivity index (χ0) is 24.5. The minimum atomic E-state index is -1.15. The van der Waals surface area contributed by atoms with Gasteiger partial charge in [0.2, 0.25) is 0 Å². The van der Waals surface area contributed by atoms with Crippen molar-refractivity contribution in [3.8, 4) is 0 Å². The van der Waals surface area contributed by atoms with Gasteiger partial charge in [-0.15, -0.1) is 5.10 Å². The molecular formula is C25H25FN4O4. The summed E-state index contributed by atoms with van der Waals surface area (Å²) >= 11 is 0. The number of ether oxygens (including phenoxy) is 1. The van der Waals surface area contributed by atoms with E-state index in [-0.39, 0.29) is 18.8 Å². The summed E-state index contributed by atoms with van der Waals surface area (Å²) in [5.41, 5.74) is 2.80. The fourth-order valence-corrected chi connectivity index (χ4v) is 3.38. The van der Waals surface area contributed by atoms with Crippen molar-refractivity contribution in [2.45, 2.75) is 25.9 Å². The van der Waals surface area contributed by atoms with E-state index in [4.69, 9.17) is 4.74 Å². The van der Waals surface area contributed by atoms with Gasteiger partial charge in [-0.25, -0.2) is 9.07 Å². The number of nitrogens with zero attached hydrogens (tertiary/aromatic N) is 4. The number of benzene rings is 2. The van der Waals surface area contributed by atoms with E-state index in [9.17, 15) is 19.1 Å². The molecule has 1 unspecified atom stereocenters. The first kappa shape index (κ1) is 24.7. The first-order valence-corrected chi connectivity index (χ1v) is 10.7. The van der Waals surface area contributed by atoms with Crippen LogP contribution in [-0.2, 0) is 21.4 Å². The Kier molecular flexibility index (Phi) is 8.53. The van der Waals surface area contributed by atoms with Crippen molar-refractivity contribution >= 4 is 22.9 Å². The minimum Gasteiger partial charge on any atom is -0.466 e. The maximum atomic E-state index is 13.6. The second kappa shape index (κ2) is 11.8. The van der Waals surface area contributed by atoms with E-state index in [2.05, 4.69) is 15.5 Å². The number of aryl methyl sites for hydroxylation is 1. The predicted molar refractivity (Wildman–Crippen MR) is 124 cm³/mol. The number of esters is 1. The molecule has 0 bridgehead atoms. The molecule has 0 amide bonds. The molecule has 34 heavy (non-hydrogen) atoms. The number of hydrogen-bond acceptors (Lipinski definition) is 7. The number of aliphatic hydroxyl groups excluding tert-OH is 1. The third-order valence-corrected chi connectivity index (χ3v) is 4.89. The van der Waals surface area contributed by atoms with Gasteiger partial charge in [-0.05, 0) is 46.2 Å². The van der Waals surface area contributed by atoms with Gasteiger partial charge in [0.1, 0.15) is 18.0 Å². The van der Waals surface area contributed by atoms with Gasteiger partial charge in [0, 0.05) is 19.0 Å². The van der Waals surface area contributed by atoms with Crippen LogP contribution in [0.4, 0.5) is 4.39 Å². The van der Waals surface area contributed by atoms with Gasteiger partial charge >= 0.3 is 5.97 Å². The van der Waals surface area contributed by atoms with E-state index in [1.165, 1.54) is 22.9 Å². The second-order valence-electron chi connectivity index (χ2n) is 7.44. The Labute approximate surface area is 196 Å². The quantitative estimate of drug-likeness (QED) is 0.279. The molecule has 2 aromatic carbocycles. The molecule has 1 atom stereocenters. The number of tetrazole rings is 1. The molecule has 0 aliphatic rings. The standard InChI is InChI=1S/C25H25FN4O4/c1-3-34-23(33)16-21(32)15-20(31)13-14-22(25-27-28-29-30(25)2)24(17-7-5-4-6-8-17)18-9-11-19(26)12-10-18/h4-14,20,31H,3,15-16H2,1-2H3/b14-13+,24-22+. The van der Waals surface area contributed by atoms with Crippen LogP contribution < -0.4 is 0 Å². The highest BCUT2D eigenvalue weighted by Crippen LogP contribution is 2.32. The van der Waals surface area contributed by atoms with E-state index in [1.807, 2.05) is 30.3 Å². The van der Waals surface area contributed by atoms with Crippen molar-refractivity contribution in [2.75, 3.05) is 6.61 Å². The number of rotatable bonds is 10. The zero-order valence-electron chi connectivity index (χ0n) is 18.9. The van der Waals surface area contributed by atoms with Crippen LogP contribution in [0, 0.1) is 5.82 Å². The van der Waals surface area contributed by atoms with E-state index >= 15 is 0 Å². The molecule has 1 heterocycles. The Morgan fingerprint density at radius 2 is 1.79 bits per heavy atom. The lowest BCUT2D eigenvalue weighted by molar-refractivity contribution is -0.145. The van der Waals surface area contributed by atoms with E-state index < -0.39 is 24.3 Å². The van der Waals surface area contributed by atoms with Crippen molar-refractivity contribution in [3.63, 3.8) is 0 Å². The third kappa shape index (κ3) is 6.52. The highest BCUT2D eigenvalue weighted by atomic mass is 19.1. The lowest BCUT2D eigenvalue weighted by Crippen LogP contribution is -2.16. The summed E-state index contributed by atoms with van der Waals surface area (Å²) in [5.74, 6) is -1.03. The average molecular weight is 464 g/mol. The van der Waals surface area contributed by atoms with Gasteiger partial charge in [0.25, 0.3) is 0 Å². The third-order valence-electron chi connectivity index (χ3n) is 4.89. The molecule has 0 fully saturated rings. The Hall–Kier alpha value is -3.98. The van der Waals surface area contributed by atoms with Crippen LogP contribution in [-0.4, -0.2) is 49.8 Å². The number of allylic oxidation sites excluding steroid dienone is 2.